The molecule has 0 saturated carbocycles. The zero-order chi connectivity index (χ0) is 20.1. The topological polar surface area (TPSA) is 74.2 Å². The van der Waals surface area contributed by atoms with Crippen molar-refractivity contribution in [1.82, 2.24) is 4.98 Å². The Kier molecular flexibility index (Phi) is 5.60. The number of nitrogens with zero attached hydrogens (tertiary/aromatic N) is 1. The van der Waals surface area contributed by atoms with Crippen molar-refractivity contribution in [3.05, 3.63) is 84.1 Å². The molecule has 8 heteroatoms. The number of anilines is 3. The third-order valence-corrected chi connectivity index (χ3v) is 3.86. The summed E-state index contributed by atoms with van der Waals surface area (Å²) in [5.41, 5.74) is 0.264. The lowest BCUT2D eigenvalue weighted by Gasteiger charge is -2.12. The molecule has 0 aliphatic heterocycles. The van der Waals surface area contributed by atoms with Crippen LogP contribution in [0.2, 0.25) is 0 Å². The molecule has 5 nitrogen and oxygen atoms in total. The molecular formula is C20H16F3N3O2. The lowest BCUT2D eigenvalue weighted by molar-refractivity contribution is -0.137. The van der Waals surface area contributed by atoms with Crippen LogP contribution in [0.4, 0.5) is 30.4 Å². The average molecular weight is 387 g/mol. The van der Waals surface area contributed by atoms with Gasteiger partial charge in [-0.2, -0.15) is 13.2 Å². The van der Waals surface area contributed by atoms with Crippen LogP contribution in [-0.2, 0) is 11.0 Å². The van der Waals surface area contributed by atoms with Crippen molar-refractivity contribution >= 4 is 23.1 Å². The Balaban J connectivity index is 1.65. The van der Waals surface area contributed by atoms with E-state index in [9.17, 15) is 23.1 Å². The molecule has 0 radical (unpaired) electrons. The number of carbonyl (C=O) groups is 1. The molecule has 0 aliphatic carbocycles. The minimum atomic E-state index is -4.43. The van der Waals surface area contributed by atoms with Crippen molar-refractivity contribution in [1.29, 1.82) is 0 Å². The Morgan fingerprint density at radius 1 is 0.964 bits per heavy atom. The Labute approximate surface area is 158 Å². The molecule has 3 N–H and O–H groups in total. The quantitative estimate of drug-likeness (QED) is 0.602. The number of rotatable bonds is 5. The highest BCUT2D eigenvalue weighted by molar-refractivity contribution is 5.94. The number of alkyl halides is 3. The smallest absolute Gasteiger partial charge is 0.378 e. The second-order valence-corrected chi connectivity index (χ2v) is 5.94. The molecule has 28 heavy (non-hydrogen) atoms. The third kappa shape index (κ3) is 4.86. The van der Waals surface area contributed by atoms with Gasteiger partial charge in [0.1, 0.15) is 5.82 Å². The van der Waals surface area contributed by atoms with E-state index in [1.807, 2.05) is 0 Å². The van der Waals surface area contributed by atoms with Crippen LogP contribution in [0.15, 0.2) is 72.9 Å². The van der Waals surface area contributed by atoms with Gasteiger partial charge < -0.3 is 15.7 Å². The fourth-order valence-electron chi connectivity index (χ4n) is 2.46. The van der Waals surface area contributed by atoms with Crippen LogP contribution in [0.25, 0.3) is 0 Å². The van der Waals surface area contributed by atoms with E-state index in [0.29, 0.717) is 17.1 Å². The summed E-state index contributed by atoms with van der Waals surface area (Å²) >= 11 is 0. The zero-order valence-electron chi connectivity index (χ0n) is 14.4. The lowest BCUT2D eigenvalue weighted by atomic mass is 10.1. The van der Waals surface area contributed by atoms with Gasteiger partial charge in [0.05, 0.1) is 17.4 Å². The maximum atomic E-state index is 12.8. The van der Waals surface area contributed by atoms with Gasteiger partial charge in [-0.25, -0.2) is 4.98 Å². The van der Waals surface area contributed by atoms with E-state index in [-0.39, 0.29) is 5.69 Å². The summed E-state index contributed by atoms with van der Waals surface area (Å²) in [7, 11) is 0. The van der Waals surface area contributed by atoms with Gasteiger partial charge in [0.2, 0.25) is 0 Å². The van der Waals surface area contributed by atoms with Crippen LogP contribution in [0.1, 0.15) is 17.2 Å². The minimum absolute atomic E-state index is 0.235. The Hall–Kier alpha value is -3.39. The number of amides is 1. The number of hydrogen-bond acceptors (Lipinski definition) is 4. The van der Waals surface area contributed by atoms with Crippen molar-refractivity contribution in [3.8, 4) is 0 Å². The lowest BCUT2D eigenvalue weighted by Crippen LogP contribution is -2.20. The standard InChI is InChI=1S/C20H16F3N3O2/c21-20(22,23)14-7-4-8-15(11-14)25-17-10-9-16(12-24-17)26-19(28)18(27)13-5-2-1-3-6-13/h1-12,18,27H,(H,24,25)(H,26,28). The van der Waals surface area contributed by atoms with E-state index in [4.69, 9.17) is 0 Å². The van der Waals surface area contributed by atoms with Crippen molar-refractivity contribution in [2.24, 2.45) is 0 Å². The van der Waals surface area contributed by atoms with E-state index >= 15 is 0 Å². The molecule has 0 spiro atoms. The van der Waals surface area contributed by atoms with Crippen LogP contribution in [0, 0.1) is 0 Å². The van der Waals surface area contributed by atoms with Gasteiger partial charge in [0, 0.05) is 5.69 Å². The van der Waals surface area contributed by atoms with Gasteiger partial charge in [-0.15, -0.1) is 0 Å². The molecule has 1 unspecified atom stereocenters. The summed E-state index contributed by atoms with van der Waals surface area (Å²) in [5, 5.41) is 15.4. The molecular weight excluding hydrogens is 371 g/mol. The highest BCUT2D eigenvalue weighted by Crippen LogP contribution is 2.31. The molecule has 1 heterocycles. The first-order chi connectivity index (χ1) is 13.3. The predicted octanol–water partition coefficient (Wildman–Crippen LogP) is 4.52. The normalized spacial score (nSPS) is 12.3. The first-order valence-corrected chi connectivity index (χ1v) is 8.27. The molecule has 1 aromatic heterocycles. The van der Waals surface area contributed by atoms with Crippen LogP contribution < -0.4 is 10.6 Å². The number of aliphatic hydroxyl groups excluding tert-OH is 1. The van der Waals surface area contributed by atoms with Gasteiger partial charge in [0.15, 0.2) is 6.10 Å². The first-order valence-electron chi connectivity index (χ1n) is 8.27. The summed E-state index contributed by atoms with van der Waals surface area (Å²) in [4.78, 5) is 16.2. The number of benzene rings is 2. The number of hydrogen-bond donors (Lipinski definition) is 3. The summed E-state index contributed by atoms with van der Waals surface area (Å²) < 4.78 is 38.3. The largest absolute Gasteiger partial charge is 0.416 e. The molecule has 1 amide bonds. The van der Waals surface area contributed by atoms with Crippen molar-refractivity contribution in [2.75, 3.05) is 10.6 Å². The van der Waals surface area contributed by atoms with Gasteiger partial charge in [0.25, 0.3) is 5.91 Å². The molecule has 0 bridgehead atoms. The van der Waals surface area contributed by atoms with Gasteiger partial charge in [-0.1, -0.05) is 36.4 Å². The van der Waals surface area contributed by atoms with Crippen LogP contribution in [-0.4, -0.2) is 16.0 Å². The fourth-order valence-corrected chi connectivity index (χ4v) is 2.46. The highest BCUT2D eigenvalue weighted by atomic mass is 19.4. The van der Waals surface area contributed by atoms with E-state index in [1.165, 1.54) is 30.5 Å². The first kappa shape index (κ1) is 19.4. The van der Waals surface area contributed by atoms with E-state index < -0.39 is 23.8 Å². The SMILES string of the molecule is O=C(Nc1ccc(Nc2cccc(C(F)(F)F)c2)nc1)C(O)c1ccccc1. The van der Waals surface area contributed by atoms with Gasteiger partial charge in [-0.3, -0.25) is 4.79 Å². The summed E-state index contributed by atoms with van der Waals surface area (Å²) in [6.45, 7) is 0. The van der Waals surface area contributed by atoms with Gasteiger partial charge >= 0.3 is 6.18 Å². The summed E-state index contributed by atoms with van der Waals surface area (Å²) in [6, 6.07) is 16.2. The van der Waals surface area contributed by atoms with Gasteiger partial charge in [-0.05, 0) is 35.9 Å². The second kappa shape index (κ2) is 8.10. The van der Waals surface area contributed by atoms with Crippen LogP contribution >= 0.6 is 0 Å². The molecule has 0 saturated heterocycles. The van der Waals surface area contributed by atoms with Crippen LogP contribution in [0.5, 0.6) is 0 Å². The molecule has 0 fully saturated rings. The molecule has 1 atom stereocenters. The number of aromatic nitrogens is 1. The number of halogens is 3. The average Bonchev–Trinajstić information content (AvgIpc) is 2.69. The number of nitrogens with one attached hydrogen (secondary N) is 2. The molecule has 0 aliphatic rings. The maximum absolute atomic E-state index is 12.8. The third-order valence-electron chi connectivity index (χ3n) is 3.86. The van der Waals surface area contributed by atoms with Crippen molar-refractivity contribution < 1.29 is 23.1 Å². The van der Waals surface area contributed by atoms with E-state index in [2.05, 4.69) is 15.6 Å². The maximum Gasteiger partial charge on any atom is 0.416 e. The highest BCUT2D eigenvalue weighted by Gasteiger charge is 2.30. The number of aliphatic hydroxyl groups is 1. The minimum Gasteiger partial charge on any atom is -0.378 e. The zero-order valence-corrected chi connectivity index (χ0v) is 14.4. The molecule has 2 aromatic carbocycles. The van der Waals surface area contributed by atoms with E-state index in [0.717, 1.165) is 12.1 Å². The number of pyridine rings is 1. The molecule has 3 aromatic rings. The second-order valence-electron chi connectivity index (χ2n) is 5.94. The Bertz CT molecular complexity index is 945. The summed E-state index contributed by atoms with van der Waals surface area (Å²) in [5.74, 6) is -0.312. The van der Waals surface area contributed by atoms with E-state index in [1.54, 1.807) is 30.3 Å². The fraction of sp³-hybridized carbons (Fsp3) is 0.100. The monoisotopic (exact) mass is 387 g/mol. The molecule has 144 valence electrons. The van der Waals surface area contributed by atoms with Crippen molar-refractivity contribution in [2.45, 2.75) is 12.3 Å². The summed E-state index contributed by atoms with van der Waals surface area (Å²) in [6.07, 6.45) is -4.42. The van der Waals surface area contributed by atoms with Crippen LogP contribution in [0.3, 0.4) is 0 Å². The Morgan fingerprint density at radius 3 is 2.36 bits per heavy atom. The molecule has 3 rings (SSSR count). The predicted molar refractivity (Wildman–Crippen MR) is 99.0 cm³/mol. The number of carbonyl (C=O) groups excluding carboxylic acids is 1. The van der Waals surface area contributed by atoms with Crippen molar-refractivity contribution in [3.63, 3.8) is 0 Å². The Morgan fingerprint density at radius 2 is 1.71 bits per heavy atom.